The summed E-state index contributed by atoms with van der Waals surface area (Å²) in [6.45, 7) is 0. The van der Waals surface area contributed by atoms with E-state index in [0.717, 1.165) is 17.1 Å². The van der Waals surface area contributed by atoms with Crippen molar-refractivity contribution in [2.45, 2.75) is 25.0 Å². The first-order valence-corrected chi connectivity index (χ1v) is 6.45. The van der Waals surface area contributed by atoms with E-state index in [-0.39, 0.29) is 12.1 Å². The second-order valence-corrected chi connectivity index (χ2v) is 4.83. The average molecular weight is 266 g/mol. The summed E-state index contributed by atoms with van der Waals surface area (Å²) in [5.74, 6) is 7.79. The van der Waals surface area contributed by atoms with Gasteiger partial charge in [-0.25, -0.2) is 0 Å². The number of hydrogen-bond donors (Lipinski definition) is 2. The topological polar surface area (TPSA) is 65.7 Å². The second-order valence-electron chi connectivity index (χ2n) is 4.83. The number of ether oxygens (including phenoxy) is 3. The summed E-state index contributed by atoms with van der Waals surface area (Å²) in [5.41, 5.74) is 3.87. The molecule has 0 amide bonds. The molecule has 1 fully saturated rings. The van der Waals surface area contributed by atoms with Gasteiger partial charge in [-0.15, -0.1) is 0 Å². The summed E-state index contributed by atoms with van der Waals surface area (Å²) >= 11 is 0. The van der Waals surface area contributed by atoms with Crippen molar-refractivity contribution >= 4 is 0 Å². The second kappa shape index (κ2) is 6.23. The normalized spacial score (nSPS) is 17.9. The van der Waals surface area contributed by atoms with Crippen LogP contribution >= 0.6 is 0 Å². The van der Waals surface area contributed by atoms with Crippen LogP contribution in [0.4, 0.5) is 0 Å². The Bertz CT molecular complexity index is 399. The van der Waals surface area contributed by atoms with Crippen LogP contribution in [0.1, 0.15) is 24.4 Å². The molecule has 0 aliphatic heterocycles. The number of methoxy groups -OCH3 is 3. The lowest BCUT2D eigenvalue weighted by Crippen LogP contribution is -2.38. The third kappa shape index (κ3) is 3.18. The summed E-state index contributed by atoms with van der Waals surface area (Å²) in [5, 5.41) is 0. The van der Waals surface area contributed by atoms with Gasteiger partial charge in [0.05, 0.1) is 26.4 Å². The molecule has 0 aromatic heterocycles. The zero-order valence-corrected chi connectivity index (χ0v) is 11.7. The Kier molecular flexibility index (Phi) is 4.63. The Balaban J connectivity index is 2.30. The molecule has 2 unspecified atom stereocenters. The maximum absolute atomic E-state index is 5.72. The van der Waals surface area contributed by atoms with E-state index in [9.17, 15) is 0 Å². The summed E-state index contributed by atoms with van der Waals surface area (Å²) in [4.78, 5) is 0. The fourth-order valence-corrected chi connectivity index (χ4v) is 2.42. The molecule has 0 heterocycles. The summed E-state index contributed by atoms with van der Waals surface area (Å²) < 4.78 is 16.2. The van der Waals surface area contributed by atoms with Crippen molar-refractivity contribution < 1.29 is 14.2 Å². The molecule has 2 rings (SSSR count). The number of benzene rings is 1. The molecular weight excluding hydrogens is 244 g/mol. The number of rotatable bonds is 7. The monoisotopic (exact) mass is 266 g/mol. The summed E-state index contributed by atoms with van der Waals surface area (Å²) in [6.07, 6.45) is 2.46. The van der Waals surface area contributed by atoms with Crippen LogP contribution in [-0.4, -0.2) is 27.4 Å². The molecule has 0 bridgehead atoms. The van der Waals surface area contributed by atoms with Crippen molar-refractivity contribution in [1.82, 2.24) is 5.43 Å². The highest BCUT2D eigenvalue weighted by atomic mass is 16.5. The quantitative estimate of drug-likeness (QED) is 0.580. The van der Waals surface area contributed by atoms with Crippen LogP contribution in [0.15, 0.2) is 18.2 Å². The van der Waals surface area contributed by atoms with Gasteiger partial charge in [-0.1, -0.05) is 0 Å². The van der Waals surface area contributed by atoms with Crippen molar-refractivity contribution in [1.29, 1.82) is 0 Å². The van der Waals surface area contributed by atoms with Gasteiger partial charge < -0.3 is 14.2 Å². The highest BCUT2D eigenvalue weighted by Crippen LogP contribution is 2.40. The first-order chi connectivity index (χ1) is 9.23. The first-order valence-electron chi connectivity index (χ1n) is 6.45. The Morgan fingerprint density at radius 3 is 2.05 bits per heavy atom. The van der Waals surface area contributed by atoms with Crippen molar-refractivity contribution in [2.24, 2.45) is 11.8 Å². The zero-order valence-electron chi connectivity index (χ0n) is 11.7. The summed E-state index contributed by atoms with van der Waals surface area (Å²) in [6, 6.07) is 5.69. The minimum absolute atomic E-state index is 0.0681. The molecule has 5 heteroatoms. The molecular formula is C14H22N2O3. The minimum atomic E-state index is -0.0681. The Morgan fingerprint density at radius 2 is 1.68 bits per heavy atom. The van der Waals surface area contributed by atoms with Crippen LogP contribution < -0.4 is 20.7 Å². The van der Waals surface area contributed by atoms with E-state index in [2.05, 4.69) is 5.43 Å². The van der Waals surface area contributed by atoms with Crippen molar-refractivity contribution in [2.75, 3.05) is 21.3 Å². The van der Waals surface area contributed by atoms with E-state index >= 15 is 0 Å². The van der Waals surface area contributed by atoms with E-state index in [1.54, 1.807) is 21.3 Å². The molecule has 19 heavy (non-hydrogen) atoms. The lowest BCUT2D eigenvalue weighted by atomic mass is 9.98. The van der Waals surface area contributed by atoms with Gasteiger partial charge >= 0.3 is 0 Å². The van der Waals surface area contributed by atoms with Gasteiger partial charge in [0, 0.05) is 13.2 Å². The van der Waals surface area contributed by atoms with Gasteiger partial charge in [-0.2, -0.15) is 0 Å². The molecule has 0 radical (unpaired) electrons. The van der Waals surface area contributed by atoms with Crippen LogP contribution in [0.25, 0.3) is 0 Å². The lowest BCUT2D eigenvalue weighted by Gasteiger charge is -2.26. The van der Waals surface area contributed by atoms with E-state index < -0.39 is 0 Å². The van der Waals surface area contributed by atoms with Crippen LogP contribution in [0.2, 0.25) is 0 Å². The van der Waals surface area contributed by atoms with Gasteiger partial charge in [0.25, 0.3) is 0 Å². The molecule has 0 saturated heterocycles. The van der Waals surface area contributed by atoms with E-state index in [1.165, 1.54) is 12.8 Å². The third-order valence-corrected chi connectivity index (χ3v) is 3.60. The van der Waals surface area contributed by atoms with Crippen LogP contribution in [-0.2, 0) is 4.74 Å². The van der Waals surface area contributed by atoms with Crippen LogP contribution in [0.3, 0.4) is 0 Å². The zero-order chi connectivity index (χ0) is 13.8. The number of nitrogens with one attached hydrogen (secondary N) is 1. The third-order valence-electron chi connectivity index (χ3n) is 3.60. The SMILES string of the molecule is COc1cc(OC)cc(C(NN)C(OC)C2CC2)c1. The van der Waals surface area contributed by atoms with Gasteiger partial charge in [0.15, 0.2) is 0 Å². The van der Waals surface area contributed by atoms with Gasteiger partial charge in [0.2, 0.25) is 0 Å². The molecule has 1 aliphatic rings. The van der Waals surface area contributed by atoms with Crippen molar-refractivity contribution in [3.05, 3.63) is 23.8 Å². The Labute approximate surface area is 114 Å². The fourth-order valence-electron chi connectivity index (χ4n) is 2.42. The average Bonchev–Trinajstić information content (AvgIpc) is 3.28. The summed E-state index contributed by atoms with van der Waals surface area (Å²) in [7, 11) is 5.00. The predicted octanol–water partition coefficient (Wildman–Crippen LogP) is 1.63. The van der Waals surface area contributed by atoms with Crippen LogP contribution in [0, 0.1) is 5.92 Å². The number of hydrogen-bond acceptors (Lipinski definition) is 5. The molecule has 2 atom stereocenters. The highest BCUT2D eigenvalue weighted by Gasteiger charge is 2.37. The smallest absolute Gasteiger partial charge is 0.122 e. The van der Waals surface area contributed by atoms with Gasteiger partial charge in [0.1, 0.15) is 11.5 Å². The molecule has 5 nitrogen and oxygen atoms in total. The first kappa shape index (κ1) is 14.1. The van der Waals surface area contributed by atoms with Crippen molar-refractivity contribution in [3.63, 3.8) is 0 Å². The Hall–Kier alpha value is -1.30. The molecule has 1 aromatic rings. The molecule has 1 aliphatic carbocycles. The van der Waals surface area contributed by atoms with E-state index in [0.29, 0.717) is 5.92 Å². The molecule has 106 valence electrons. The van der Waals surface area contributed by atoms with E-state index in [1.807, 2.05) is 18.2 Å². The predicted molar refractivity (Wildman–Crippen MR) is 73.1 cm³/mol. The van der Waals surface area contributed by atoms with Crippen LogP contribution in [0.5, 0.6) is 11.5 Å². The Morgan fingerprint density at radius 1 is 1.11 bits per heavy atom. The highest BCUT2D eigenvalue weighted by molar-refractivity contribution is 5.40. The maximum Gasteiger partial charge on any atom is 0.122 e. The van der Waals surface area contributed by atoms with Gasteiger partial charge in [-0.3, -0.25) is 11.3 Å². The van der Waals surface area contributed by atoms with Crippen molar-refractivity contribution in [3.8, 4) is 11.5 Å². The van der Waals surface area contributed by atoms with E-state index in [4.69, 9.17) is 20.1 Å². The molecule has 1 aromatic carbocycles. The molecule has 1 saturated carbocycles. The largest absolute Gasteiger partial charge is 0.497 e. The standard InChI is InChI=1S/C14H22N2O3/c1-17-11-6-10(7-12(8-11)18-2)13(16-15)14(19-3)9-4-5-9/h6-9,13-14,16H,4-5,15H2,1-3H3. The lowest BCUT2D eigenvalue weighted by molar-refractivity contribution is 0.0505. The maximum atomic E-state index is 5.72. The fraction of sp³-hybridized carbons (Fsp3) is 0.571. The number of hydrazine groups is 1. The minimum Gasteiger partial charge on any atom is -0.497 e. The molecule has 3 N–H and O–H groups in total. The molecule has 0 spiro atoms. The number of nitrogens with two attached hydrogens (primary N) is 1. The van der Waals surface area contributed by atoms with Gasteiger partial charge in [-0.05, 0) is 36.5 Å².